The molecule has 0 spiro atoms. The number of hydrogen-bond acceptors (Lipinski definition) is 3. The van der Waals surface area contributed by atoms with Gasteiger partial charge in [-0.25, -0.2) is 0 Å². The van der Waals surface area contributed by atoms with Gasteiger partial charge < -0.3 is 5.32 Å². The minimum atomic E-state index is 0.615. The molecule has 16 heavy (non-hydrogen) atoms. The van der Waals surface area contributed by atoms with Gasteiger partial charge in [-0.05, 0) is 36.8 Å². The Hall–Kier alpha value is -0.850. The second kappa shape index (κ2) is 4.99. The van der Waals surface area contributed by atoms with Crippen LogP contribution in [0.25, 0.3) is 0 Å². The molecule has 0 aromatic carbocycles. The zero-order valence-corrected chi connectivity index (χ0v) is 10.6. The van der Waals surface area contributed by atoms with E-state index in [9.17, 15) is 0 Å². The van der Waals surface area contributed by atoms with E-state index in [1.54, 1.807) is 11.3 Å². The van der Waals surface area contributed by atoms with Crippen LogP contribution in [0.5, 0.6) is 0 Å². The Morgan fingerprint density at radius 2 is 2.31 bits per heavy atom. The molecule has 0 amide bonds. The third-order valence-electron chi connectivity index (χ3n) is 3.31. The van der Waals surface area contributed by atoms with Crippen LogP contribution < -0.4 is 5.32 Å². The van der Waals surface area contributed by atoms with Gasteiger partial charge in [0.15, 0.2) is 0 Å². The minimum absolute atomic E-state index is 0.615. The van der Waals surface area contributed by atoms with Crippen LogP contribution in [-0.2, 0) is 6.54 Å². The van der Waals surface area contributed by atoms with Crippen molar-refractivity contribution >= 4 is 11.3 Å². The van der Waals surface area contributed by atoms with E-state index in [1.807, 2.05) is 6.07 Å². The molecule has 1 N–H and O–H groups in total. The first-order valence-electron chi connectivity index (χ1n) is 5.97. The molecule has 1 aromatic rings. The van der Waals surface area contributed by atoms with Gasteiger partial charge in [0.1, 0.15) is 10.9 Å². The lowest BCUT2D eigenvalue weighted by atomic mass is 10.0. The van der Waals surface area contributed by atoms with Gasteiger partial charge in [0, 0.05) is 18.0 Å². The van der Waals surface area contributed by atoms with E-state index in [0.717, 1.165) is 18.0 Å². The molecule has 1 saturated carbocycles. The van der Waals surface area contributed by atoms with Crippen LogP contribution in [0.1, 0.15) is 42.4 Å². The van der Waals surface area contributed by atoms with Crippen molar-refractivity contribution < 1.29 is 0 Å². The van der Waals surface area contributed by atoms with E-state index in [-0.39, 0.29) is 0 Å². The van der Waals surface area contributed by atoms with Crippen LogP contribution >= 0.6 is 11.3 Å². The molecule has 0 unspecified atom stereocenters. The molecule has 2 nitrogen and oxygen atoms in total. The number of thiophene rings is 1. The first-order chi connectivity index (χ1) is 7.78. The minimum Gasteiger partial charge on any atom is -0.311 e. The SMILES string of the molecule is CCCC1(CNCc2ccc(C#N)s2)CC1. The molecule has 86 valence electrons. The van der Waals surface area contributed by atoms with Crippen molar-refractivity contribution in [3.63, 3.8) is 0 Å². The molecule has 3 heteroatoms. The molecule has 1 aromatic heterocycles. The maximum atomic E-state index is 8.73. The summed E-state index contributed by atoms with van der Waals surface area (Å²) >= 11 is 1.59. The average Bonchev–Trinajstić information content (AvgIpc) is 2.89. The summed E-state index contributed by atoms with van der Waals surface area (Å²) in [6.07, 6.45) is 5.43. The van der Waals surface area contributed by atoms with Crippen LogP contribution in [0.3, 0.4) is 0 Å². The zero-order chi connectivity index (χ0) is 11.4. The van der Waals surface area contributed by atoms with E-state index in [0.29, 0.717) is 5.41 Å². The van der Waals surface area contributed by atoms with Crippen molar-refractivity contribution in [2.24, 2.45) is 5.41 Å². The molecule has 2 rings (SSSR count). The number of rotatable bonds is 6. The zero-order valence-electron chi connectivity index (χ0n) is 9.75. The van der Waals surface area contributed by atoms with Crippen molar-refractivity contribution in [2.45, 2.75) is 39.2 Å². The number of nitriles is 1. The van der Waals surface area contributed by atoms with Crippen LogP contribution in [-0.4, -0.2) is 6.54 Å². The van der Waals surface area contributed by atoms with E-state index in [2.05, 4.69) is 24.4 Å². The van der Waals surface area contributed by atoms with Gasteiger partial charge in [0.25, 0.3) is 0 Å². The Bertz CT molecular complexity index is 385. The lowest BCUT2D eigenvalue weighted by Crippen LogP contribution is -2.23. The maximum Gasteiger partial charge on any atom is 0.110 e. The van der Waals surface area contributed by atoms with Gasteiger partial charge in [-0.15, -0.1) is 11.3 Å². The maximum absolute atomic E-state index is 8.73. The normalized spacial score (nSPS) is 17.0. The molecule has 0 aliphatic heterocycles. The Morgan fingerprint density at radius 3 is 2.88 bits per heavy atom. The van der Waals surface area contributed by atoms with Crippen molar-refractivity contribution in [3.05, 3.63) is 21.9 Å². The van der Waals surface area contributed by atoms with E-state index in [4.69, 9.17) is 5.26 Å². The molecule has 1 heterocycles. The molecule has 1 aliphatic carbocycles. The summed E-state index contributed by atoms with van der Waals surface area (Å²) in [5.74, 6) is 0. The van der Waals surface area contributed by atoms with Crippen LogP contribution in [0.15, 0.2) is 12.1 Å². The molecule has 0 bridgehead atoms. The molecule has 1 fully saturated rings. The lowest BCUT2D eigenvalue weighted by molar-refractivity contribution is 0.421. The monoisotopic (exact) mass is 234 g/mol. The molecule has 0 radical (unpaired) electrons. The summed E-state index contributed by atoms with van der Waals surface area (Å²) in [5, 5.41) is 12.3. The molecule has 0 atom stereocenters. The molecule has 1 aliphatic rings. The highest BCUT2D eigenvalue weighted by Crippen LogP contribution is 2.48. The van der Waals surface area contributed by atoms with Crippen molar-refractivity contribution in [1.29, 1.82) is 5.26 Å². The molecular formula is C13H18N2S. The third kappa shape index (κ3) is 2.84. The van der Waals surface area contributed by atoms with Crippen molar-refractivity contribution in [3.8, 4) is 6.07 Å². The Balaban J connectivity index is 1.74. The van der Waals surface area contributed by atoms with Gasteiger partial charge in [-0.1, -0.05) is 13.3 Å². The summed E-state index contributed by atoms with van der Waals surface area (Å²) < 4.78 is 0. The molecular weight excluding hydrogens is 216 g/mol. The fourth-order valence-corrected chi connectivity index (χ4v) is 2.98. The smallest absolute Gasteiger partial charge is 0.110 e. The van der Waals surface area contributed by atoms with Crippen molar-refractivity contribution in [2.75, 3.05) is 6.54 Å². The summed E-state index contributed by atoms with van der Waals surface area (Å²) in [6, 6.07) is 6.13. The Kier molecular flexibility index (Phi) is 3.63. The number of nitrogens with zero attached hydrogens (tertiary/aromatic N) is 1. The summed E-state index contributed by atoms with van der Waals surface area (Å²) in [7, 11) is 0. The van der Waals surface area contributed by atoms with Gasteiger partial charge >= 0.3 is 0 Å². The highest BCUT2D eigenvalue weighted by Gasteiger charge is 2.40. The highest BCUT2D eigenvalue weighted by molar-refractivity contribution is 7.12. The topological polar surface area (TPSA) is 35.8 Å². The summed E-state index contributed by atoms with van der Waals surface area (Å²) in [4.78, 5) is 2.08. The molecule has 0 saturated heterocycles. The predicted molar refractivity (Wildman–Crippen MR) is 67.3 cm³/mol. The number of nitrogens with one attached hydrogen (secondary N) is 1. The Labute approximate surface area is 101 Å². The first kappa shape index (κ1) is 11.6. The average molecular weight is 234 g/mol. The largest absolute Gasteiger partial charge is 0.311 e. The van der Waals surface area contributed by atoms with Gasteiger partial charge in [-0.2, -0.15) is 5.26 Å². The predicted octanol–water partition coefficient (Wildman–Crippen LogP) is 3.29. The second-order valence-corrected chi connectivity index (χ2v) is 5.90. The Morgan fingerprint density at radius 1 is 1.50 bits per heavy atom. The number of hydrogen-bond donors (Lipinski definition) is 1. The van der Waals surface area contributed by atoms with Crippen LogP contribution in [0.4, 0.5) is 0 Å². The fraction of sp³-hybridized carbons (Fsp3) is 0.615. The lowest BCUT2D eigenvalue weighted by Gasteiger charge is -2.14. The van der Waals surface area contributed by atoms with Crippen LogP contribution in [0, 0.1) is 16.7 Å². The first-order valence-corrected chi connectivity index (χ1v) is 6.79. The quantitative estimate of drug-likeness (QED) is 0.820. The van der Waals surface area contributed by atoms with Gasteiger partial charge in [0.05, 0.1) is 0 Å². The standard InChI is InChI=1S/C13H18N2S/c1-2-5-13(6-7-13)10-15-9-12-4-3-11(8-14)16-12/h3-4,15H,2,5-7,9-10H2,1H3. The van der Waals surface area contributed by atoms with E-state index >= 15 is 0 Å². The van der Waals surface area contributed by atoms with Crippen molar-refractivity contribution in [1.82, 2.24) is 5.32 Å². The van der Waals surface area contributed by atoms with Crippen LogP contribution in [0.2, 0.25) is 0 Å². The van der Waals surface area contributed by atoms with Gasteiger partial charge in [0.2, 0.25) is 0 Å². The second-order valence-electron chi connectivity index (χ2n) is 4.73. The summed E-state index contributed by atoms with van der Waals surface area (Å²) in [6.45, 7) is 4.32. The van der Waals surface area contributed by atoms with E-state index in [1.165, 1.54) is 30.6 Å². The van der Waals surface area contributed by atoms with Gasteiger partial charge in [-0.3, -0.25) is 0 Å². The fourth-order valence-electron chi connectivity index (χ4n) is 2.21. The highest BCUT2D eigenvalue weighted by atomic mass is 32.1. The van der Waals surface area contributed by atoms with E-state index < -0.39 is 0 Å². The summed E-state index contributed by atoms with van der Waals surface area (Å²) in [5.41, 5.74) is 0.615. The third-order valence-corrected chi connectivity index (χ3v) is 4.30.